The summed E-state index contributed by atoms with van der Waals surface area (Å²) in [5.41, 5.74) is 4.41. The maximum atomic E-state index is 12.5. The van der Waals surface area contributed by atoms with E-state index in [0.717, 1.165) is 47.9 Å². The molecule has 2 aromatic carbocycles. The quantitative estimate of drug-likeness (QED) is 0.591. The second kappa shape index (κ2) is 9.66. The summed E-state index contributed by atoms with van der Waals surface area (Å²) in [7, 11) is 1.90. The highest BCUT2D eigenvalue weighted by atomic mass is 16.5. The van der Waals surface area contributed by atoms with Gasteiger partial charge in [-0.2, -0.15) is 5.10 Å². The number of anilines is 2. The molecule has 1 fully saturated rings. The number of likely N-dealkylation sites (tertiary alicyclic amines) is 1. The standard InChI is InChI=1S/C24H29N5O2/c1-18-5-7-19(8-6-18)26-24(30)27-20-9-10-23(31-16-15-29-13-3-4-14-29)21(17-20)22-11-12-25-28(22)2/h5-12,17H,3-4,13-16H2,1-2H3,(H2,26,27,30). The summed E-state index contributed by atoms with van der Waals surface area (Å²) >= 11 is 0. The number of benzene rings is 2. The highest BCUT2D eigenvalue weighted by Crippen LogP contribution is 2.32. The van der Waals surface area contributed by atoms with E-state index in [2.05, 4.69) is 20.6 Å². The van der Waals surface area contributed by atoms with E-state index in [9.17, 15) is 4.79 Å². The number of nitrogens with one attached hydrogen (secondary N) is 2. The number of rotatable bonds is 7. The topological polar surface area (TPSA) is 71.4 Å². The highest BCUT2D eigenvalue weighted by molar-refractivity contribution is 6.00. The van der Waals surface area contributed by atoms with Crippen LogP contribution in [0, 0.1) is 6.92 Å². The molecule has 1 aliphatic heterocycles. The van der Waals surface area contributed by atoms with Gasteiger partial charge in [-0.25, -0.2) is 4.79 Å². The van der Waals surface area contributed by atoms with Crippen LogP contribution in [0.4, 0.5) is 16.2 Å². The molecule has 1 saturated heterocycles. The fourth-order valence-electron chi connectivity index (χ4n) is 3.79. The largest absolute Gasteiger partial charge is 0.492 e. The Balaban J connectivity index is 1.47. The van der Waals surface area contributed by atoms with E-state index in [1.807, 2.05) is 62.5 Å². The van der Waals surface area contributed by atoms with Gasteiger partial charge in [0.25, 0.3) is 0 Å². The molecule has 0 aliphatic carbocycles. The molecule has 1 aromatic heterocycles. The van der Waals surface area contributed by atoms with Crippen molar-refractivity contribution >= 4 is 17.4 Å². The molecule has 2 heterocycles. The third-order valence-corrected chi connectivity index (χ3v) is 5.51. The van der Waals surface area contributed by atoms with Crippen molar-refractivity contribution in [2.75, 3.05) is 36.9 Å². The zero-order valence-electron chi connectivity index (χ0n) is 18.1. The number of carbonyl (C=O) groups is 1. The normalized spacial score (nSPS) is 13.9. The summed E-state index contributed by atoms with van der Waals surface area (Å²) in [4.78, 5) is 14.9. The molecule has 31 heavy (non-hydrogen) atoms. The second-order valence-corrected chi connectivity index (χ2v) is 7.89. The molecule has 0 unspecified atom stereocenters. The van der Waals surface area contributed by atoms with Crippen LogP contribution in [-0.2, 0) is 7.05 Å². The van der Waals surface area contributed by atoms with Gasteiger partial charge in [-0.1, -0.05) is 17.7 Å². The van der Waals surface area contributed by atoms with Crippen LogP contribution in [0.15, 0.2) is 54.7 Å². The van der Waals surface area contributed by atoms with Crippen LogP contribution in [0.5, 0.6) is 5.75 Å². The van der Waals surface area contributed by atoms with E-state index in [-0.39, 0.29) is 6.03 Å². The zero-order valence-corrected chi connectivity index (χ0v) is 18.1. The van der Waals surface area contributed by atoms with Crippen LogP contribution in [0.2, 0.25) is 0 Å². The Kier molecular flexibility index (Phi) is 6.52. The second-order valence-electron chi connectivity index (χ2n) is 7.89. The van der Waals surface area contributed by atoms with Crippen molar-refractivity contribution in [2.45, 2.75) is 19.8 Å². The van der Waals surface area contributed by atoms with Crippen molar-refractivity contribution < 1.29 is 9.53 Å². The molecule has 0 spiro atoms. The first-order valence-electron chi connectivity index (χ1n) is 10.7. The van der Waals surface area contributed by atoms with Gasteiger partial charge in [0, 0.05) is 36.7 Å². The maximum absolute atomic E-state index is 12.5. The molecule has 1 aliphatic rings. The molecular weight excluding hydrogens is 390 g/mol. The van der Waals surface area contributed by atoms with Crippen molar-refractivity contribution in [3.05, 3.63) is 60.3 Å². The number of ether oxygens (including phenoxy) is 1. The van der Waals surface area contributed by atoms with Gasteiger partial charge in [0.1, 0.15) is 12.4 Å². The summed E-state index contributed by atoms with van der Waals surface area (Å²) in [5.74, 6) is 0.785. The Bertz CT molecular complexity index is 1020. The molecule has 0 atom stereocenters. The van der Waals surface area contributed by atoms with Gasteiger partial charge in [-0.05, 0) is 69.3 Å². The monoisotopic (exact) mass is 419 g/mol. The summed E-state index contributed by atoms with van der Waals surface area (Å²) in [5, 5.41) is 10.1. The van der Waals surface area contributed by atoms with Gasteiger partial charge in [0.05, 0.1) is 5.69 Å². The Hall–Kier alpha value is -3.32. The van der Waals surface area contributed by atoms with Crippen LogP contribution in [-0.4, -0.2) is 47.0 Å². The molecule has 0 saturated carbocycles. The molecule has 162 valence electrons. The van der Waals surface area contributed by atoms with Crippen molar-refractivity contribution in [1.29, 1.82) is 0 Å². The number of hydrogen-bond donors (Lipinski definition) is 2. The SMILES string of the molecule is Cc1ccc(NC(=O)Nc2ccc(OCCN3CCCC3)c(-c3ccnn3C)c2)cc1. The van der Waals surface area contributed by atoms with Crippen molar-refractivity contribution in [2.24, 2.45) is 7.05 Å². The molecule has 0 radical (unpaired) electrons. The number of aromatic nitrogens is 2. The van der Waals surface area contributed by atoms with E-state index in [4.69, 9.17) is 4.74 Å². The molecule has 7 heteroatoms. The van der Waals surface area contributed by atoms with E-state index < -0.39 is 0 Å². The zero-order chi connectivity index (χ0) is 21.6. The Morgan fingerprint density at radius 3 is 2.45 bits per heavy atom. The Labute approximate surface area is 183 Å². The van der Waals surface area contributed by atoms with Crippen LogP contribution in [0.3, 0.4) is 0 Å². The fourth-order valence-corrected chi connectivity index (χ4v) is 3.79. The first-order chi connectivity index (χ1) is 15.1. The highest BCUT2D eigenvalue weighted by Gasteiger charge is 2.15. The first kappa shape index (κ1) is 20.9. The van der Waals surface area contributed by atoms with Gasteiger partial charge in [0.15, 0.2) is 0 Å². The van der Waals surface area contributed by atoms with E-state index in [1.54, 1.807) is 10.9 Å². The minimum absolute atomic E-state index is 0.289. The predicted octanol–water partition coefficient (Wildman–Crippen LogP) is 4.51. The summed E-state index contributed by atoms with van der Waals surface area (Å²) in [6.07, 6.45) is 4.30. The van der Waals surface area contributed by atoms with E-state index in [0.29, 0.717) is 12.3 Å². The average Bonchev–Trinajstić information content (AvgIpc) is 3.42. The van der Waals surface area contributed by atoms with Crippen LogP contribution in [0.1, 0.15) is 18.4 Å². The third-order valence-electron chi connectivity index (χ3n) is 5.51. The van der Waals surface area contributed by atoms with Gasteiger partial charge in [-0.15, -0.1) is 0 Å². The number of aryl methyl sites for hydroxylation is 2. The van der Waals surface area contributed by atoms with Crippen molar-refractivity contribution in [3.8, 4) is 17.0 Å². The van der Waals surface area contributed by atoms with Gasteiger partial charge < -0.3 is 15.4 Å². The summed E-state index contributed by atoms with van der Waals surface area (Å²) in [6.45, 7) is 5.86. The lowest BCUT2D eigenvalue weighted by Gasteiger charge is -2.17. The fraction of sp³-hybridized carbons (Fsp3) is 0.333. The van der Waals surface area contributed by atoms with E-state index in [1.165, 1.54) is 12.8 Å². The van der Waals surface area contributed by atoms with Crippen LogP contribution in [0.25, 0.3) is 11.3 Å². The minimum atomic E-state index is -0.289. The maximum Gasteiger partial charge on any atom is 0.323 e. The van der Waals surface area contributed by atoms with E-state index >= 15 is 0 Å². The molecule has 2 amide bonds. The predicted molar refractivity (Wildman–Crippen MR) is 124 cm³/mol. The third kappa shape index (κ3) is 5.44. The van der Waals surface area contributed by atoms with Crippen molar-refractivity contribution in [3.63, 3.8) is 0 Å². The van der Waals surface area contributed by atoms with Gasteiger partial charge >= 0.3 is 6.03 Å². The number of amides is 2. The first-order valence-corrected chi connectivity index (χ1v) is 10.7. The smallest absolute Gasteiger partial charge is 0.323 e. The minimum Gasteiger partial charge on any atom is -0.492 e. The number of hydrogen-bond acceptors (Lipinski definition) is 4. The van der Waals surface area contributed by atoms with Crippen LogP contribution >= 0.6 is 0 Å². The summed E-state index contributed by atoms with van der Waals surface area (Å²) in [6, 6.07) is 15.0. The Morgan fingerprint density at radius 1 is 1.03 bits per heavy atom. The molecule has 2 N–H and O–H groups in total. The lowest BCUT2D eigenvalue weighted by Crippen LogP contribution is -2.25. The average molecular weight is 420 g/mol. The molecule has 4 rings (SSSR count). The van der Waals surface area contributed by atoms with Crippen LogP contribution < -0.4 is 15.4 Å². The molecule has 3 aromatic rings. The number of nitrogens with zero attached hydrogens (tertiary/aromatic N) is 3. The van der Waals surface area contributed by atoms with Gasteiger partial charge in [-0.3, -0.25) is 9.58 Å². The van der Waals surface area contributed by atoms with Crippen molar-refractivity contribution in [1.82, 2.24) is 14.7 Å². The Morgan fingerprint density at radius 2 is 1.74 bits per heavy atom. The molecule has 0 bridgehead atoms. The van der Waals surface area contributed by atoms with Gasteiger partial charge in [0.2, 0.25) is 0 Å². The molecule has 7 nitrogen and oxygen atoms in total. The number of carbonyl (C=O) groups excluding carboxylic acids is 1. The summed E-state index contributed by atoms with van der Waals surface area (Å²) < 4.78 is 7.94. The lowest BCUT2D eigenvalue weighted by molar-refractivity contribution is 0.238. The number of urea groups is 1. The lowest BCUT2D eigenvalue weighted by atomic mass is 10.1. The molecular formula is C24H29N5O2.